The maximum atomic E-state index is 9.42. The number of phenols is 1. The van der Waals surface area contributed by atoms with Gasteiger partial charge in [-0.05, 0) is 17.7 Å². The monoisotopic (exact) mass is 242 g/mol. The lowest BCUT2D eigenvalue weighted by molar-refractivity contribution is -0.893. The van der Waals surface area contributed by atoms with E-state index in [1.165, 1.54) is 16.0 Å². The van der Waals surface area contributed by atoms with Crippen molar-refractivity contribution >= 4 is 0 Å². The minimum absolute atomic E-state index is 0.350. The lowest BCUT2D eigenvalue weighted by Crippen LogP contribution is -3.07. The minimum Gasteiger partial charge on any atom is -0.508 e. The van der Waals surface area contributed by atoms with Crippen molar-refractivity contribution in [1.29, 1.82) is 0 Å². The molecule has 1 unspecified atom stereocenters. The summed E-state index contributed by atoms with van der Waals surface area (Å²) in [5.74, 6) is 0.350. The molecule has 0 spiro atoms. The third-order valence-corrected chi connectivity index (χ3v) is 3.10. The first-order valence-corrected chi connectivity index (χ1v) is 6.37. The van der Waals surface area contributed by atoms with Crippen molar-refractivity contribution in [2.24, 2.45) is 0 Å². The Bertz CT molecular complexity index is 481. The van der Waals surface area contributed by atoms with Crippen molar-refractivity contribution in [3.05, 3.63) is 65.7 Å². The Balaban J connectivity index is 1.84. The Labute approximate surface area is 109 Å². The second kappa shape index (κ2) is 6.22. The van der Waals surface area contributed by atoms with Gasteiger partial charge in [0.25, 0.3) is 0 Å². The summed E-state index contributed by atoms with van der Waals surface area (Å²) >= 11 is 0. The third kappa shape index (κ3) is 3.90. The van der Waals surface area contributed by atoms with Crippen LogP contribution in [-0.4, -0.2) is 18.7 Å². The number of likely N-dealkylation sites (N-methyl/N-ethyl adjacent to an activating group) is 1. The fourth-order valence-corrected chi connectivity index (χ4v) is 2.11. The molecule has 2 aromatic carbocycles. The quantitative estimate of drug-likeness (QED) is 0.819. The zero-order chi connectivity index (χ0) is 12.8. The molecule has 0 radical (unpaired) electrons. The molecule has 0 saturated carbocycles. The summed E-state index contributed by atoms with van der Waals surface area (Å²) in [4.78, 5) is 1.45. The zero-order valence-corrected chi connectivity index (χ0v) is 10.8. The van der Waals surface area contributed by atoms with Crippen molar-refractivity contribution in [3.8, 4) is 5.75 Å². The van der Waals surface area contributed by atoms with Crippen LogP contribution in [0.4, 0.5) is 0 Å². The molecule has 0 aliphatic rings. The molecule has 2 nitrogen and oxygen atoms in total. The van der Waals surface area contributed by atoms with Crippen LogP contribution in [0, 0.1) is 0 Å². The molecule has 0 aromatic heterocycles. The number of benzene rings is 2. The maximum Gasteiger partial charge on any atom is 0.116 e. The molecule has 2 aromatic rings. The Morgan fingerprint density at radius 3 is 2.39 bits per heavy atom. The van der Waals surface area contributed by atoms with Crippen LogP contribution in [-0.2, 0) is 13.0 Å². The van der Waals surface area contributed by atoms with Crippen molar-refractivity contribution < 1.29 is 10.0 Å². The number of phenolic OH excluding ortho intramolecular Hbond substituents is 1. The van der Waals surface area contributed by atoms with E-state index >= 15 is 0 Å². The van der Waals surface area contributed by atoms with E-state index in [0.717, 1.165) is 19.5 Å². The van der Waals surface area contributed by atoms with Gasteiger partial charge in [0.2, 0.25) is 0 Å². The summed E-state index contributed by atoms with van der Waals surface area (Å²) in [6, 6.07) is 18.1. The number of quaternary nitrogens is 1. The summed E-state index contributed by atoms with van der Waals surface area (Å²) in [5, 5.41) is 9.42. The smallest absolute Gasteiger partial charge is 0.116 e. The summed E-state index contributed by atoms with van der Waals surface area (Å²) in [6.45, 7) is 2.04. The number of hydrogen-bond acceptors (Lipinski definition) is 1. The Morgan fingerprint density at radius 2 is 1.67 bits per heavy atom. The first-order chi connectivity index (χ1) is 8.74. The minimum atomic E-state index is 0.350. The SMILES string of the molecule is C[NH+](CCc1ccccc1)Cc1cccc(O)c1. The van der Waals surface area contributed by atoms with E-state index in [0.29, 0.717) is 5.75 Å². The normalized spacial score (nSPS) is 12.3. The summed E-state index contributed by atoms with van der Waals surface area (Å²) in [7, 11) is 2.19. The fourth-order valence-electron chi connectivity index (χ4n) is 2.11. The number of hydrogen-bond donors (Lipinski definition) is 2. The van der Waals surface area contributed by atoms with E-state index in [1.54, 1.807) is 6.07 Å². The first-order valence-electron chi connectivity index (χ1n) is 6.37. The number of nitrogens with one attached hydrogen (secondary N) is 1. The molecule has 0 bridgehead atoms. The van der Waals surface area contributed by atoms with E-state index in [-0.39, 0.29) is 0 Å². The average Bonchev–Trinajstić information content (AvgIpc) is 2.38. The van der Waals surface area contributed by atoms with Crippen LogP contribution >= 0.6 is 0 Å². The highest BCUT2D eigenvalue weighted by molar-refractivity contribution is 5.26. The highest BCUT2D eigenvalue weighted by atomic mass is 16.3. The molecule has 0 aliphatic carbocycles. The molecule has 0 aliphatic heterocycles. The van der Waals surface area contributed by atoms with Crippen molar-refractivity contribution in [2.75, 3.05) is 13.6 Å². The van der Waals surface area contributed by atoms with Gasteiger partial charge in [0.1, 0.15) is 12.3 Å². The standard InChI is InChI=1S/C16H19NO/c1-17(11-10-14-6-3-2-4-7-14)13-15-8-5-9-16(18)12-15/h2-9,12,18H,10-11,13H2,1H3/p+1. The van der Waals surface area contributed by atoms with Crippen LogP contribution in [0.25, 0.3) is 0 Å². The molecule has 0 amide bonds. The predicted octanol–water partition coefficient (Wildman–Crippen LogP) is 1.65. The molecule has 2 heteroatoms. The van der Waals surface area contributed by atoms with Gasteiger partial charge in [-0.15, -0.1) is 0 Å². The average molecular weight is 242 g/mol. The fraction of sp³-hybridized carbons (Fsp3) is 0.250. The van der Waals surface area contributed by atoms with Crippen molar-refractivity contribution in [1.82, 2.24) is 0 Å². The Kier molecular flexibility index (Phi) is 4.37. The van der Waals surface area contributed by atoms with Gasteiger partial charge in [-0.25, -0.2) is 0 Å². The van der Waals surface area contributed by atoms with E-state index in [1.807, 2.05) is 18.2 Å². The predicted molar refractivity (Wildman–Crippen MR) is 73.7 cm³/mol. The molecular formula is C16H20NO+. The van der Waals surface area contributed by atoms with E-state index in [2.05, 4.69) is 37.4 Å². The largest absolute Gasteiger partial charge is 0.508 e. The molecule has 18 heavy (non-hydrogen) atoms. The lowest BCUT2D eigenvalue weighted by Gasteiger charge is -2.14. The molecule has 0 fully saturated rings. The number of rotatable bonds is 5. The van der Waals surface area contributed by atoms with Crippen LogP contribution in [0.2, 0.25) is 0 Å². The van der Waals surface area contributed by atoms with Gasteiger partial charge in [0.15, 0.2) is 0 Å². The summed E-state index contributed by atoms with van der Waals surface area (Å²) in [6.07, 6.45) is 1.09. The van der Waals surface area contributed by atoms with Gasteiger partial charge < -0.3 is 10.0 Å². The highest BCUT2D eigenvalue weighted by Gasteiger charge is 2.04. The Morgan fingerprint density at radius 1 is 0.944 bits per heavy atom. The van der Waals surface area contributed by atoms with E-state index in [4.69, 9.17) is 0 Å². The van der Waals surface area contributed by atoms with Gasteiger partial charge in [0.05, 0.1) is 13.6 Å². The molecule has 1 atom stereocenters. The van der Waals surface area contributed by atoms with Crippen LogP contribution in [0.5, 0.6) is 5.75 Å². The lowest BCUT2D eigenvalue weighted by atomic mass is 10.1. The second-order valence-electron chi connectivity index (χ2n) is 4.79. The number of aromatic hydroxyl groups is 1. The molecular weight excluding hydrogens is 222 g/mol. The zero-order valence-electron chi connectivity index (χ0n) is 10.8. The third-order valence-electron chi connectivity index (χ3n) is 3.10. The van der Waals surface area contributed by atoms with Crippen molar-refractivity contribution in [2.45, 2.75) is 13.0 Å². The highest BCUT2D eigenvalue weighted by Crippen LogP contribution is 2.09. The summed E-state index contributed by atoms with van der Waals surface area (Å²) < 4.78 is 0. The first kappa shape index (κ1) is 12.7. The van der Waals surface area contributed by atoms with Crippen molar-refractivity contribution in [3.63, 3.8) is 0 Å². The molecule has 0 saturated heterocycles. The molecule has 94 valence electrons. The summed E-state index contributed by atoms with van der Waals surface area (Å²) in [5.41, 5.74) is 2.56. The van der Waals surface area contributed by atoms with Gasteiger partial charge in [-0.1, -0.05) is 42.5 Å². The molecule has 2 rings (SSSR count). The van der Waals surface area contributed by atoms with Crippen LogP contribution in [0.3, 0.4) is 0 Å². The van der Waals surface area contributed by atoms with Gasteiger partial charge in [-0.2, -0.15) is 0 Å². The van der Waals surface area contributed by atoms with Gasteiger partial charge >= 0.3 is 0 Å². The van der Waals surface area contributed by atoms with Crippen LogP contribution in [0.15, 0.2) is 54.6 Å². The van der Waals surface area contributed by atoms with Crippen LogP contribution < -0.4 is 4.90 Å². The van der Waals surface area contributed by atoms with E-state index < -0.39 is 0 Å². The molecule has 0 heterocycles. The van der Waals surface area contributed by atoms with Gasteiger partial charge in [-0.3, -0.25) is 0 Å². The molecule has 2 N–H and O–H groups in total. The van der Waals surface area contributed by atoms with Crippen LogP contribution in [0.1, 0.15) is 11.1 Å². The van der Waals surface area contributed by atoms with E-state index in [9.17, 15) is 5.11 Å². The Hall–Kier alpha value is -1.80. The maximum absolute atomic E-state index is 9.42. The van der Waals surface area contributed by atoms with Gasteiger partial charge in [0, 0.05) is 12.0 Å². The topological polar surface area (TPSA) is 24.7 Å². The second-order valence-corrected chi connectivity index (χ2v) is 4.79.